The molecule has 118 valence electrons. The molecule has 6 nitrogen and oxygen atoms in total. The van der Waals surface area contributed by atoms with Crippen molar-refractivity contribution in [2.24, 2.45) is 0 Å². The van der Waals surface area contributed by atoms with E-state index in [1.165, 1.54) is 7.11 Å². The minimum absolute atomic E-state index is 0.177. The van der Waals surface area contributed by atoms with E-state index in [2.05, 4.69) is 28.9 Å². The number of piperidine rings is 1. The largest absolute Gasteiger partial charge is 0.468 e. The Kier molecular flexibility index (Phi) is 6.05. The van der Waals surface area contributed by atoms with Gasteiger partial charge in [-0.1, -0.05) is 18.5 Å². The van der Waals surface area contributed by atoms with Gasteiger partial charge in [0.15, 0.2) is 5.82 Å². The number of carbonyl (C=O) groups is 1. The first-order valence-electron chi connectivity index (χ1n) is 7.41. The Bertz CT molecular complexity index is 466. The molecule has 0 bridgehead atoms. The molecule has 2 atom stereocenters. The third-order valence-corrected chi connectivity index (χ3v) is 4.73. The quantitative estimate of drug-likeness (QED) is 0.747. The molecule has 0 amide bonds. The van der Waals surface area contributed by atoms with E-state index in [0.29, 0.717) is 12.4 Å². The van der Waals surface area contributed by atoms with E-state index in [1.54, 1.807) is 11.8 Å². The Labute approximate surface area is 129 Å². The van der Waals surface area contributed by atoms with Crippen molar-refractivity contribution < 1.29 is 14.1 Å². The highest BCUT2D eigenvalue weighted by atomic mass is 32.2. The van der Waals surface area contributed by atoms with Crippen LogP contribution < -0.4 is 0 Å². The summed E-state index contributed by atoms with van der Waals surface area (Å²) in [5.41, 5.74) is 0. The molecule has 0 aliphatic carbocycles. The zero-order valence-electron chi connectivity index (χ0n) is 12.9. The van der Waals surface area contributed by atoms with Gasteiger partial charge in [-0.2, -0.15) is 16.7 Å². The molecule has 1 aliphatic rings. The zero-order valence-corrected chi connectivity index (χ0v) is 13.7. The third kappa shape index (κ3) is 4.20. The van der Waals surface area contributed by atoms with Crippen LogP contribution in [-0.4, -0.2) is 46.5 Å². The summed E-state index contributed by atoms with van der Waals surface area (Å²) in [5.74, 6) is 2.14. The van der Waals surface area contributed by atoms with E-state index < -0.39 is 0 Å². The number of hydrogen-bond acceptors (Lipinski definition) is 7. The summed E-state index contributed by atoms with van der Waals surface area (Å²) in [5, 5.41) is 4.27. The van der Waals surface area contributed by atoms with Crippen LogP contribution >= 0.6 is 11.8 Å². The maximum atomic E-state index is 11.8. The van der Waals surface area contributed by atoms with E-state index in [0.717, 1.165) is 37.4 Å². The highest BCUT2D eigenvalue weighted by molar-refractivity contribution is 7.99. The lowest BCUT2D eigenvalue weighted by Crippen LogP contribution is -2.44. The number of aromatic nitrogens is 2. The van der Waals surface area contributed by atoms with Crippen LogP contribution in [0.5, 0.6) is 0 Å². The van der Waals surface area contributed by atoms with Crippen LogP contribution in [0.3, 0.4) is 0 Å². The number of likely N-dealkylation sites (tertiary alicyclic amines) is 1. The van der Waals surface area contributed by atoms with Crippen molar-refractivity contribution in [1.82, 2.24) is 15.0 Å². The van der Waals surface area contributed by atoms with Gasteiger partial charge in [0.25, 0.3) is 0 Å². The molecule has 0 N–H and O–H groups in total. The fourth-order valence-corrected chi connectivity index (χ4v) is 3.32. The van der Waals surface area contributed by atoms with Crippen molar-refractivity contribution in [3.63, 3.8) is 0 Å². The van der Waals surface area contributed by atoms with Crippen LogP contribution in [0.1, 0.15) is 50.1 Å². The van der Waals surface area contributed by atoms with Gasteiger partial charge in [0, 0.05) is 0 Å². The predicted molar refractivity (Wildman–Crippen MR) is 80.9 cm³/mol. The summed E-state index contributed by atoms with van der Waals surface area (Å²) in [7, 11) is 1.43. The Morgan fingerprint density at radius 2 is 2.38 bits per heavy atom. The molecule has 0 spiro atoms. The second kappa shape index (κ2) is 7.79. The summed E-state index contributed by atoms with van der Waals surface area (Å²) in [6.07, 6.45) is 2.96. The first kappa shape index (κ1) is 16.3. The molecule has 0 radical (unpaired) electrons. The van der Waals surface area contributed by atoms with Crippen LogP contribution in [0.15, 0.2) is 4.52 Å². The van der Waals surface area contributed by atoms with Crippen LogP contribution in [0.2, 0.25) is 0 Å². The molecular weight excluding hydrogens is 290 g/mol. The molecule has 21 heavy (non-hydrogen) atoms. The molecule has 2 heterocycles. The molecule has 1 fully saturated rings. The lowest BCUT2D eigenvalue weighted by Gasteiger charge is -2.32. The summed E-state index contributed by atoms with van der Waals surface area (Å²) >= 11 is 1.78. The topological polar surface area (TPSA) is 68.5 Å². The Balaban J connectivity index is 2.00. The highest BCUT2D eigenvalue weighted by Crippen LogP contribution is 2.26. The van der Waals surface area contributed by atoms with E-state index in [1.807, 2.05) is 0 Å². The third-order valence-electron chi connectivity index (χ3n) is 3.69. The molecular formula is C14H23N3O3S. The van der Waals surface area contributed by atoms with Gasteiger partial charge < -0.3 is 9.26 Å². The average molecular weight is 313 g/mol. The minimum atomic E-state index is -0.193. The van der Waals surface area contributed by atoms with Gasteiger partial charge in [0.1, 0.15) is 6.04 Å². The van der Waals surface area contributed by atoms with Crippen molar-refractivity contribution in [1.29, 1.82) is 0 Å². The zero-order chi connectivity index (χ0) is 15.2. The molecule has 1 aromatic heterocycles. The number of esters is 1. The lowest BCUT2D eigenvalue weighted by atomic mass is 10.0. The highest BCUT2D eigenvalue weighted by Gasteiger charge is 2.30. The fraction of sp³-hybridized carbons (Fsp3) is 0.786. The van der Waals surface area contributed by atoms with Crippen LogP contribution in [-0.2, 0) is 16.1 Å². The van der Waals surface area contributed by atoms with E-state index in [4.69, 9.17) is 9.26 Å². The SMILES string of the molecule is CCSC(C)c1noc(CN2CCCCC2C(=O)OC)n1. The van der Waals surface area contributed by atoms with Gasteiger partial charge in [0.2, 0.25) is 5.89 Å². The molecule has 0 saturated carbocycles. The maximum Gasteiger partial charge on any atom is 0.323 e. The molecule has 7 heteroatoms. The molecule has 1 saturated heterocycles. The first-order valence-corrected chi connectivity index (χ1v) is 8.46. The summed E-state index contributed by atoms with van der Waals surface area (Å²) in [6.45, 7) is 5.55. The van der Waals surface area contributed by atoms with E-state index in [-0.39, 0.29) is 17.3 Å². The minimum Gasteiger partial charge on any atom is -0.468 e. The number of methoxy groups -OCH3 is 1. The van der Waals surface area contributed by atoms with Gasteiger partial charge in [-0.25, -0.2) is 0 Å². The van der Waals surface area contributed by atoms with E-state index >= 15 is 0 Å². The number of hydrogen-bond donors (Lipinski definition) is 0. The standard InChI is InChI=1S/C14H23N3O3S/c1-4-21-10(2)13-15-12(20-16-13)9-17-8-6-5-7-11(17)14(18)19-3/h10-11H,4-9H2,1-3H3. The smallest absolute Gasteiger partial charge is 0.323 e. The number of rotatable bonds is 6. The summed E-state index contributed by atoms with van der Waals surface area (Å²) < 4.78 is 10.2. The second-order valence-electron chi connectivity index (χ2n) is 5.15. The van der Waals surface area contributed by atoms with Crippen LogP contribution in [0, 0.1) is 0 Å². The molecule has 2 rings (SSSR count). The summed E-state index contributed by atoms with van der Waals surface area (Å²) in [4.78, 5) is 18.4. The normalized spacial score (nSPS) is 21.2. The van der Waals surface area contributed by atoms with Crippen molar-refractivity contribution in [3.8, 4) is 0 Å². The number of nitrogens with zero attached hydrogens (tertiary/aromatic N) is 3. The average Bonchev–Trinajstić information content (AvgIpc) is 2.96. The van der Waals surface area contributed by atoms with Crippen molar-refractivity contribution in [2.45, 2.75) is 50.9 Å². The van der Waals surface area contributed by atoms with Gasteiger partial charge in [-0.3, -0.25) is 9.69 Å². The lowest BCUT2D eigenvalue weighted by molar-refractivity contribution is -0.148. The van der Waals surface area contributed by atoms with Gasteiger partial charge in [-0.15, -0.1) is 0 Å². The monoisotopic (exact) mass is 313 g/mol. The molecule has 1 aliphatic heterocycles. The number of carbonyl (C=O) groups excluding carboxylic acids is 1. The van der Waals surface area contributed by atoms with Gasteiger partial charge in [0.05, 0.1) is 18.9 Å². The van der Waals surface area contributed by atoms with Crippen LogP contribution in [0.4, 0.5) is 0 Å². The predicted octanol–water partition coefficient (Wildman–Crippen LogP) is 2.41. The van der Waals surface area contributed by atoms with Crippen molar-refractivity contribution in [3.05, 3.63) is 11.7 Å². The second-order valence-corrected chi connectivity index (χ2v) is 6.77. The maximum absolute atomic E-state index is 11.8. The van der Waals surface area contributed by atoms with Crippen molar-refractivity contribution >= 4 is 17.7 Å². The van der Waals surface area contributed by atoms with Crippen molar-refractivity contribution in [2.75, 3.05) is 19.4 Å². The molecule has 0 aromatic carbocycles. The Morgan fingerprint density at radius 1 is 1.57 bits per heavy atom. The first-order chi connectivity index (χ1) is 10.2. The van der Waals surface area contributed by atoms with Gasteiger partial charge in [-0.05, 0) is 32.1 Å². The molecule has 2 unspecified atom stereocenters. The Hall–Kier alpha value is -1.08. The van der Waals surface area contributed by atoms with Crippen LogP contribution in [0.25, 0.3) is 0 Å². The van der Waals surface area contributed by atoms with Gasteiger partial charge >= 0.3 is 5.97 Å². The number of ether oxygens (including phenoxy) is 1. The summed E-state index contributed by atoms with van der Waals surface area (Å²) in [6, 6.07) is -0.193. The number of thioether (sulfide) groups is 1. The van der Waals surface area contributed by atoms with E-state index in [9.17, 15) is 4.79 Å². The Morgan fingerprint density at radius 3 is 3.10 bits per heavy atom. The molecule has 1 aromatic rings. The fourth-order valence-electron chi connectivity index (χ4n) is 2.58.